The van der Waals surface area contributed by atoms with Crippen molar-refractivity contribution in [3.63, 3.8) is 0 Å². The van der Waals surface area contributed by atoms with E-state index in [1.807, 2.05) is 0 Å². The van der Waals surface area contributed by atoms with Crippen molar-refractivity contribution in [1.82, 2.24) is 0 Å². The van der Waals surface area contributed by atoms with Crippen molar-refractivity contribution >= 4 is 19.7 Å². The smallest absolute Gasteiger partial charge is 0.420 e. The van der Waals surface area contributed by atoms with Gasteiger partial charge in [0.25, 0.3) is 9.05 Å². The summed E-state index contributed by atoms with van der Waals surface area (Å²) in [4.78, 5) is -0.702. The first-order chi connectivity index (χ1) is 7.18. The van der Waals surface area contributed by atoms with Crippen LogP contribution in [0.4, 0.5) is 13.2 Å². The minimum absolute atomic E-state index is 0.702. The standard InChI is InChI=1S/C8H6ClF3O3S/c1-15-7-5(8(10,11)12)3-2-4-6(7)16(9,13)14/h2-4H,1H3. The maximum atomic E-state index is 12.5. The highest BCUT2D eigenvalue weighted by molar-refractivity contribution is 8.13. The van der Waals surface area contributed by atoms with E-state index < -0.39 is 31.4 Å². The average molecular weight is 275 g/mol. The van der Waals surface area contributed by atoms with Gasteiger partial charge in [-0.15, -0.1) is 0 Å². The molecule has 1 aromatic rings. The molecule has 0 spiro atoms. The Hall–Kier alpha value is -0.950. The summed E-state index contributed by atoms with van der Waals surface area (Å²) in [6.45, 7) is 0. The minimum Gasteiger partial charge on any atom is -0.495 e. The quantitative estimate of drug-likeness (QED) is 0.779. The highest BCUT2D eigenvalue weighted by atomic mass is 35.7. The lowest BCUT2D eigenvalue weighted by molar-refractivity contribution is -0.139. The topological polar surface area (TPSA) is 43.4 Å². The molecular formula is C8H6ClF3O3S. The van der Waals surface area contributed by atoms with Gasteiger partial charge in [-0.05, 0) is 12.1 Å². The van der Waals surface area contributed by atoms with Crippen LogP contribution in [-0.2, 0) is 15.2 Å². The Morgan fingerprint density at radius 1 is 1.31 bits per heavy atom. The third kappa shape index (κ3) is 2.59. The fourth-order valence-electron chi connectivity index (χ4n) is 1.14. The first-order valence-corrected chi connectivity index (χ1v) is 6.17. The van der Waals surface area contributed by atoms with Crippen molar-refractivity contribution < 1.29 is 26.3 Å². The lowest BCUT2D eigenvalue weighted by Crippen LogP contribution is -2.09. The Bertz CT molecular complexity index is 496. The average Bonchev–Trinajstić information content (AvgIpc) is 2.13. The van der Waals surface area contributed by atoms with Gasteiger partial charge in [-0.1, -0.05) is 6.07 Å². The van der Waals surface area contributed by atoms with Gasteiger partial charge in [0.15, 0.2) is 5.75 Å². The predicted molar refractivity (Wildman–Crippen MR) is 51.0 cm³/mol. The van der Waals surface area contributed by atoms with Crippen LogP contribution in [0.5, 0.6) is 5.75 Å². The Morgan fingerprint density at radius 2 is 1.88 bits per heavy atom. The van der Waals surface area contributed by atoms with Gasteiger partial charge in [0.1, 0.15) is 4.90 Å². The Morgan fingerprint density at radius 3 is 2.25 bits per heavy atom. The molecule has 0 heterocycles. The predicted octanol–water partition coefficient (Wildman–Crippen LogP) is 2.64. The molecule has 0 unspecified atom stereocenters. The molecule has 0 bridgehead atoms. The van der Waals surface area contributed by atoms with E-state index in [0.29, 0.717) is 6.07 Å². The number of hydrogen-bond donors (Lipinski definition) is 0. The summed E-state index contributed by atoms with van der Waals surface area (Å²) in [5, 5.41) is 0. The number of hydrogen-bond acceptors (Lipinski definition) is 3. The van der Waals surface area contributed by atoms with Gasteiger partial charge in [-0.25, -0.2) is 8.42 Å². The van der Waals surface area contributed by atoms with E-state index in [9.17, 15) is 21.6 Å². The van der Waals surface area contributed by atoms with Crippen LogP contribution >= 0.6 is 10.7 Å². The molecule has 0 saturated heterocycles. The molecule has 1 rings (SSSR count). The molecule has 3 nitrogen and oxygen atoms in total. The number of alkyl halides is 3. The SMILES string of the molecule is COc1c(C(F)(F)F)cccc1S(=O)(=O)Cl. The zero-order chi connectivity index (χ0) is 12.6. The zero-order valence-electron chi connectivity index (χ0n) is 7.88. The second kappa shape index (κ2) is 4.14. The van der Waals surface area contributed by atoms with E-state index in [1.54, 1.807) is 0 Å². The molecule has 90 valence electrons. The van der Waals surface area contributed by atoms with Crippen molar-refractivity contribution in [3.05, 3.63) is 23.8 Å². The van der Waals surface area contributed by atoms with Crippen LogP contribution in [0.2, 0.25) is 0 Å². The number of halogens is 4. The van der Waals surface area contributed by atoms with Crippen LogP contribution in [0.1, 0.15) is 5.56 Å². The Balaban J connectivity index is 3.57. The molecule has 0 aliphatic rings. The summed E-state index contributed by atoms with van der Waals surface area (Å²) >= 11 is 0. The summed E-state index contributed by atoms with van der Waals surface area (Å²) in [5.74, 6) is -0.801. The van der Waals surface area contributed by atoms with Crippen LogP contribution in [-0.4, -0.2) is 15.5 Å². The molecule has 0 aromatic heterocycles. The summed E-state index contributed by atoms with van der Waals surface area (Å²) in [6, 6.07) is 2.60. The summed E-state index contributed by atoms with van der Waals surface area (Å²) in [7, 11) is 1.65. The number of para-hydroxylation sites is 1. The van der Waals surface area contributed by atoms with E-state index in [-0.39, 0.29) is 0 Å². The summed E-state index contributed by atoms with van der Waals surface area (Å²) in [6.07, 6.45) is -4.71. The van der Waals surface area contributed by atoms with Gasteiger partial charge in [-0.2, -0.15) is 13.2 Å². The first kappa shape index (κ1) is 13.1. The third-order valence-electron chi connectivity index (χ3n) is 1.75. The van der Waals surface area contributed by atoms with Gasteiger partial charge in [0.2, 0.25) is 0 Å². The summed E-state index contributed by atoms with van der Waals surface area (Å²) < 4.78 is 63.9. The molecule has 0 saturated carbocycles. The highest BCUT2D eigenvalue weighted by Gasteiger charge is 2.36. The van der Waals surface area contributed by atoms with Gasteiger partial charge in [0, 0.05) is 10.7 Å². The minimum atomic E-state index is -4.71. The van der Waals surface area contributed by atoms with Crippen molar-refractivity contribution in [2.75, 3.05) is 7.11 Å². The lowest BCUT2D eigenvalue weighted by Gasteiger charge is -2.13. The van der Waals surface area contributed by atoms with E-state index in [2.05, 4.69) is 4.74 Å². The van der Waals surface area contributed by atoms with Gasteiger partial charge >= 0.3 is 6.18 Å². The summed E-state index contributed by atoms with van der Waals surface area (Å²) in [5.41, 5.74) is -1.18. The molecule has 0 amide bonds. The molecule has 0 aliphatic heterocycles. The molecule has 8 heteroatoms. The van der Waals surface area contributed by atoms with Crippen LogP contribution < -0.4 is 4.74 Å². The third-order valence-corrected chi connectivity index (χ3v) is 3.10. The van der Waals surface area contributed by atoms with Crippen molar-refractivity contribution in [2.45, 2.75) is 11.1 Å². The Kier molecular flexibility index (Phi) is 3.39. The van der Waals surface area contributed by atoms with Crippen molar-refractivity contribution in [3.8, 4) is 5.75 Å². The second-order valence-electron chi connectivity index (χ2n) is 2.77. The molecule has 0 radical (unpaired) electrons. The molecule has 0 fully saturated rings. The van der Waals surface area contributed by atoms with Gasteiger partial charge in [-0.3, -0.25) is 0 Å². The van der Waals surface area contributed by atoms with Gasteiger partial charge in [0.05, 0.1) is 12.7 Å². The number of methoxy groups -OCH3 is 1. The largest absolute Gasteiger partial charge is 0.495 e. The molecular weight excluding hydrogens is 269 g/mol. The fourth-order valence-corrected chi connectivity index (χ4v) is 2.16. The van der Waals surface area contributed by atoms with Crippen molar-refractivity contribution in [2.24, 2.45) is 0 Å². The van der Waals surface area contributed by atoms with E-state index in [4.69, 9.17) is 10.7 Å². The normalized spacial score (nSPS) is 12.6. The van der Waals surface area contributed by atoms with E-state index in [1.165, 1.54) is 0 Å². The zero-order valence-corrected chi connectivity index (χ0v) is 9.45. The number of ether oxygens (including phenoxy) is 1. The van der Waals surface area contributed by atoms with Crippen LogP contribution in [0.25, 0.3) is 0 Å². The van der Waals surface area contributed by atoms with Gasteiger partial charge < -0.3 is 4.74 Å². The molecule has 0 aliphatic carbocycles. The lowest BCUT2D eigenvalue weighted by atomic mass is 10.2. The van der Waals surface area contributed by atoms with Crippen molar-refractivity contribution in [1.29, 1.82) is 0 Å². The van der Waals surface area contributed by atoms with E-state index in [0.717, 1.165) is 19.2 Å². The van der Waals surface area contributed by atoms with E-state index >= 15 is 0 Å². The van der Waals surface area contributed by atoms with Crippen LogP contribution in [0.3, 0.4) is 0 Å². The Labute approximate surface area is 94.2 Å². The number of benzene rings is 1. The maximum absolute atomic E-state index is 12.5. The molecule has 1 aromatic carbocycles. The fraction of sp³-hybridized carbons (Fsp3) is 0.250. The maximum Gasteiger partial charge on any atom is 0.420 e. The second-order valence-corrected chi connectivity index (χ2v) is 5.31. The molecule has 16 heavy (non-hydrogen) atoms. The van der Waals surface area contributed by atoms with Crippen LogP contribution in [0, 0.1) is 0 Å². The molecule has 0 N–H and O–H groups in total. The van der Waals surface area contributed by atoms with Crippen LogP contribution in [0.15, 0.2) is 23.1 Å². The highest BCUT2D eigenvalue weighted by Crippen LogP contribution is 2.40. The monoisotopic (exact) mass is 274 g/mol. The first-order valence-electron chi connectivity index (χ1n) is 3.87. The number of rotatable bonds is 2. The molecule has 0 atom stereocenters.